The summed E-state index contributed by atoms with van der Waals surface area (Å²) in [7, 11) is 1.49. The van der Waals surface area contributed by atoms with Crippen molar-refractivity contribution in [3.05, 3.63) is 58.6 Å². The van der Waals surface area contributed by atoms with Gasteiger partial charge < -0.3 is 19.4 Å². The molecule has 0 fully saturated rings. The van der Waals surface area contributed by atoms with Crippen molar-refractivity contribution in [2.24, 2.45) is 0 Å². The second-order valence-electron chi connectivity index (χ2n) is 9.32. The Labute approximate surface area is 190 Å². The highest BCUT2D eigenvalue weighted by atomic mass is 16.5. The molecule has 4 rings (SSSR count). The van der Waals surface area contributed by atoms with Crippen LogP contribution in [-0.4, -0.2) is 33.0 Å². The first-order valence-electron chi connectivity index (χ1n) is 10.4. The lowest BCUT2D eigenvalue weighted by Crippen LogP contribution is -2.25. The first-order valence-corrected chi connectivity index (χ1v) is 10.4. The molecular formula is C25H25N3O5. The molecule has 0 saturated carbocycles. The van der Waals surface area contributed by atoms with Crippen LogP contribution in [0.3, 0.4) is 0 Å². The minimum absolute atomic E-state index is 0.0106. The average molecular weight is 447 g/mol. The lowest BCUT2D eigenvalue weighted by atomic mass is 9.88. The molecule has 170 valence electrons. The summed E-state index contributed by atoms with van der Waals surface area (Å²) in [6, 6.07) is 10.4. The van der Waals surface area contributed by atoms with E-state index in [2.05, 4.69) is 11.1 Å². The van der Waals surface area contributed by atoms with Gasteiger partial charge in [0.05, 0.1) is 24.3 Å². The Morgan fingerprint density at radius 2 is 1.91 bits per heavy atom. The number of nitriles is 1. The molecule has 8 nitrogen and oxygen atoms in total. The molecule has 0 aliphatic carbocycles. The van der Waals surface area contributed by atoms with Crippen molar-refractivity contribution >= 4 is 28.1 Å². The van der Waals surface area contributed by atoms with Crippen LogP contribution in [0.4, 0.5) is 4.79 Å². The minimum Gasteiger partial charge on any atom is -0.496 e. The van der Waals surface area contributed by atoms with Gasteiger partial charge in [0.25, 0.3) is 0 Å². The van der Waals surface area contributed by atoms with Gasteiger partial charge in [0.1, 0.15) is 11.3 Å². The summed E-state index contributed by atoms with van der Waals surface area (Å²) < 4.78 is 12.7. The molecule has 0 spiro atoms. The van der Waals surface area contributed by atoms with Crippen LogP contribution in [0, 0.1) is 18.3 Å². The van der Waals surface area contributed by atoms with E-state index in [4.69, 9.17) is 14.4 Å². The van der Waals surface area contributed by atoms with Gasteiger partial charge in [-0.2, -0.15) is 5.26 Å². The number of benzene rings is 2. The van der Waals surface area contributed by atoms with Gasteiger partial charge in [0.2, 0.25) is 5.89 Å². The van der Waals surface area contributed by atoms with Crippen molar-refractivity contribution < 1.29 is 24.2 Å². The number of hydrogen-bond donors (Lipinski definition) is 2. The van der Waals surface area contributed by atoms with Crippen LogP contribution in [-0.2, 0) is 11.0 Å². The van der Waals surface area contributed by atoms with Crippen LogP contribution in [0.5, 0.6) is 5.75 Å². The molecule has 0 saturated heterocycles. The van der Waals surface area contributed by atoms with Crippen molar-refractivity contribution in [3.63, 3.8) is 0 Å². The second kappa shape index (κ2) is 7.36. The van der Waals surface area contributed by atoms with Gasteiger partial charge in [-0.25, -0.2) is 14.3 Å². The van der Waals surface area contributed by atoms with Gasteiger partial charge in [-0.15, -0.1) is 0 Å². The summed E-state index contributed by atoms with van der Waals surface area (Å²) in [6.45, 7) is 9.12. The normalized spacial score (nSPS) is 13.8. The Morgan fingerprint density at radius 3 is 2.48 bits per heavy atom. The Morgan fingerprint density at radius 1 is 1.21 bits per heavy atom. The number of fused-ring (bicyclic) bond motifs is 2. The van der Waals surface area contributed by atoms with Crippen LogP contribution < -0.4 is 4.74 Å². The quantitative estimate of drug-likeness (QED) is 0.451. The van der Waals surface area contributed by atoms with Crippen LogP contribution in [0.1, 0.15) is 56.0 Å². The molecular weight excluding hydrogens is 422 g/mol. The summed E-state index contributed by atoms with van der Waals surface area (Å²) >= 11 is 0. The summed E-state index contributed by atoms with van der Waals surface area (Å²) in [6.07, 6.45) is -1.11. The fraction of sp³-hybridized carbons (Fsp3) is 0.320. The summed E-state index contributed by atoms with van der Waals surface area (Å²) in [5.41, 5.74) is 1.12. The van der Waals surface area contributed by atoms with Crippen molar-refractivity contribution in [2.75, 3.05) is 7.11 Å². The van der Waals surface area contributed by atoms with E-state index < -0.39 is 17.1 Å². The Bertz CT molecular complexity index is 1460. The van der Waals surface area contributed by atoms with Crippen LogP contribution in [0.15, 0.2) is 34.7 Å². The van der Waals surface area contributed by atoms with E-state index in [0.717, 1.165) is 0 Å². The third-order valence-electron chi connectivity index (χ3n) is 5.84. The number of aliphatic hydroxyl groups is 1. The lowest BCUT2D eigenvalue weighted by molar-refractivity contribution is 0.0715. The first kappa shape index (κ1) is 22.4. The monoisotopic (exact) mass is 447 g/mol. The maximum Gasteiger partial charge on any atom is 0.416 e. The highest BCUT2D eigenvalue weighted by molar-refractivity contribution is 5.97. The van der Waals surface area contributed by atoms with Crippen molar-refractivity contribution in [1.82, 2.24) is 9.55 Å². The van der Waals surface area contributed by atoms with E-state index in [-0.39, 0.29) is 5.89 Å². The first-order chi connectivity index (χ1) is 15.4. The standard InChI is InChI=1S/C25H25N3O5/c1-13-9-18(32-6)20(15-11-19(24(2,3)4)28(21(13)15)23(29)30)25(5,31)22-27-16-10-14(12-26)7-8-17(16)33-22/h7-11,31H,1-6H3,(H,29,30). The second-order valence-corrected chi connectivity index (χ2v) is 9.32. The van der Waals surface area contributed by atoms with Crippen molar-refractivity contribution in [2.45, 2.75) is 45.6 Å². The number of nitrogens with zero attached hydrogens (tertiary/aromatic N) is 3. The summed E-state index contributed by atoms with van der Waals surface area (Å²) in [5.74, 6) is 0.393. The fourth-order valence-electron chi connectivity index (χ4n) is 4.29. The lowest BCUT2D eigenvalue weighted by Gasteiger charge is -2.24. The zero-order valence-corrected chi connectivity index (χ0v) is 19.3. The molecule has 0 bridgehead atoms. The molecule has 2 aromatic heterocycles. The SMILES string of the molecule is COc1cc(C)c2c(cc(C(C)(C)C)n2C(=O)O)c1C(C)(O)c1nc2cc(C#N)ccc2o1. The zero-order chi connectivity index (χ0) is 24.3. The highest BCUT2D eigenvalue weighted by Crippen LogP contribution is 2.44. The number of aryl methyl sites for hydroxylation is 1. The van der Waals surface area contributed by atoms with Crippen LogP contribution in [0.2, 0.25) is 0 Å². The van der Waals surface area contributed by atoms with Crippen LogP contribution in [0.25, 0.3) is 22.0 Å². The fourth-order valence-corrected chi connectivity index (χ4v) is 4.29. The molecule has 0 aliphatic heterocycles. The van der Waals surface area contributed by atoms with E-state index in [9.17, 15) is 15.0 Å². The van der Waals surface area contributed by atoms with Gasteiger partial charge >= 0.3 is 6.09 Å². The molecule has 2 heterocycles. The summed E-state index contributed by atoms with van der Waals surface area (Å²) in [4.78, 5) is 16.7. The molecule has 0 amide bonds. The molecule has 8 heteroatoms. The van der Waals surface area contributed by atoms with Gasteiger partial charge in [0, 0.05) is 22.1 Å². The van der Waals surface area contributed by atoms with E-state index in [1.165, 1.54) is 18.6 Å². The average Bonchev–Trinajstić information content (AvgIpc) is 3.35. The highest BCUT2D eigenvalue weighted by Gasteiger charge is 2.39. The van der Waals surface area contributed by atoms with Crippen molar-refractivity contribution in [3.8, 4) is 11.8 Å². The molecule has 33 heavy (non-hydrogen) atoms. The van der Waals surface area contributed by atoms with E-state index >= 15 is 0 Å². The van der Waals surface area contributed by atoms with E-state index in [1.807, 2.05) is 20.8 Å². The summed E-state index contributed by atoms with van der Waals surface area (Å²) in [5, 5.41) is 31.5. The van der Waals surface area contributed by atoms with Crippen LogP contribution >= 0.6 is 0 Å². The number of ether oxygens (including phenoxy) is 1. The molecule has 1 unspecified atom stereocenters. The third-order valence-corrected chi connectivity index (χ3v) is 5.84. The number of rotatable bonds is 3. The zero-order valence-electron chi connectivity index (χ0n) is 19.3. The predicted octanol–water partition coefficient (Wildman–Crippen LogP) is 5.05. The molecule has 0 radical (unpaired) electrons. The van der Waals surface area contributed by atoms with Crippen molar-refractivity contribution in [1.29, 1.82) is 5.26 Å². The predicted molar refractivity (Wildman–Crippen MR) is 123 cm³/mol. The molecule has 2 aromatic carbocycles. The molecule has 2 N–H and O–H groups in total. The number of carboxylic acid groups (broad SMARTS) is 1. The topological polar surface area (TPSA) is 122 Å². The minimum atomic E-state index is -1.76. The molecule has 1 atom stereocenters. The third kappa shape index (κ3) is 3.41. The Kier molecular flexibility index (Phi) is 4.99. The number of oxazole rings is 1. The van der Waals surface area contributed by atoms with E-state index in [1.54, 1.807) is 37.3 Å². The molecule has 4 aromatic rings. The maximum atomic E-state index is 12.3. The Balaban J connectivity index is 2.08. The molecule has 0 aliphatic rings. The largest absolute Gasteiger partial charge is 0.496 e. The number of methoxy groups -OCH3 is 1. The number of aromatic nitrogens is 2. The Hall–Kier alpha value is -3.83. The van der Waals surface area contributed by atoms with Gasteiger partial charge in [-0.3, -0.25) is 0 Å². The maximum absolute atomic E-state index is 12.3. The van der Waals surface area contributed by atoms with Gasteiger partial charge in [-0.05, 0) is 49.7 Å². The number of carbonyl (C=O) groups is 1. The number of hydrogen-bond acceptors (Lipinski definition) is 6. The van der Waals surface area contributed by atoms with Gasteiger partial charge in [0.15, 0.2) is 11.2 Å². The van der Waals surface area contributed by atoms with Gasteiger partial charge in [-0.1, -0.05) is 20.8 Å². The van der Waals surface area contributed by atoms with E-state index in [0.29, 0.717) is 50.1 Å². The smallest absolute Gasteiger partial charge is 0.416 e.